The van der Waals surface area contributed by atoms with Crippen molar-refractivity contribution in [1.82, 2.24) is 15.1 Å². The van der Waals surface area contributed by atoms with Crippen LogP contribution in [0.5, 0.6) is 0 Å². The number of amides is 3. The molecule has 17 nitrogen and oxygen atoms in total. The number of aliphatic hydroxyl groups is 1. The first-order valence-corrected chi connectivity index (χ1v) is 17.0. The molecule has 0 aliphatic carbocycles. The Bertz CT molecular complexity index is 1730. The number of aliphatic hydroxyl groups excluding tert-OH is 1. The molecule has 3 N–H and O–H groups in total. The van der Waals surface area contributed by atoms with Crippen LogP contribution in [-0.4, -0.2) is 89.9 Å². The summed E-state index contributed by atoms with van der Waals surface area (Å²) in [6.07, 6.45) is -1.70. The Kier molecular flexibility index (Phi) is 11.1. The van der Waals surface area contributed by atoms with Crippen LogP contribution in [0.25, 0.3) is 0 Å². The van der Waals surface area contributed by atoms with E-state index in [-0.39, 0.29) is 54.4 Å². The number of hydrogen-bond donors (Lipinski definition) is 3. The number of nitrogens with zero attached hydrogens (tertiary/aromatic N) is 4. The lowest BCUT2D eigenvalue weighted by atomic mass is 9.79. The zero-order valence-electron chi connectivity index (χ0n) is 27.9. The van der Waals surface area contributed by atoms with E-state index in [1.807, 2.05) is 6.92 Å². The van der Waals surface area contributed by atoms with Crippen molar-refractivity contribution in [3.05, 3.63) is 90.5 Å². The van der Waals surface area contributed by atoms with E-state index < -0.39 is 64.1 Å². The fourth-order valence-electron chi connectivity index (χ4n) is 6.78. The largest absolute Gasteiger partial charge is 0.477 e. The third kappa shape index (κ3) is 8.06. The number of rotatable bonds is 13. The minimum atomic E-state index is -1.26. The Morgan fingerprint density at radius 2 is 1.53 bits per heavy atom. The summed E-state index contributed by atoms with van der Waals surface area (Å²) in [4.78, 5) is 75.3. The Morgan fingerprint density at radius 3 is 2.04 bits per heavy atom. The molecule has 2 aromatic carbocycles. The Hall–Kier alpha value is -5.23. The minimum absolute atomic E-state index is 0.0964. The number of ether oxygens (including phenoxy) is 2. The zero-order valence-corrected chi connectivity index (χ0v) is 28.7. The summed E-state index contributed by atoms with van der Waals surface area (Å²) in [6, 6.07) is 9.66. The standard InChI is InChI=1S/C33H37N5O12S/c1-17(34-32(43)49-15-20-4-8-22(9-5-20)37(45)46)12-24-13-25(14-35(24)33(44)50-16-21-6-10-23(11-7-21)38(47)48)51-29-18(2)27-26(19(3)39)30(40)36(27)28(29)31(41)42/h4-11,17-19,24-27,39H,12-16H2,1-3H3,(H,34,43)(H,41,42)/t17?,18-,19-,24-,25+,26-,27-/m1/s1. The maximum absolute atomic E-state index is 13.5. The number of likely N-dealkylation sites (tertiary alicyclic amines) is 1. The number of β-lactam (4-membered cyclic amide) rings is 1. The van der Waals surface area contributed by atoms with E-state index in [4.69, 9.17) is 9.47 Å². The molecule has 18 heteroatoms. The topological polar surface area (TPSA) is 232 Å². The van der Waals surface area contributed by atoms with Crippen molar-refractivity contribution in [3.8, 4) is 0 Å². The fraction of sp³-hybridized carbons (Fsp3) is 0.455. The van der Waals surface area contributed by atoms with Gasteiger partial charge in [0, 0.05) is 59.0 Å². The van der Waals surface area contributed by atoms with Crippen molar-refractivity contribution in [1.29, 1.82) is 0 Å². The molecule has 1 unspecified atom stereocenters. The molecule has 5 rings (SSSR count). The highest BCUT2D eigenvalue weighted by Crippen LogP contribution is 2.52. The van der Waals surface area contributed by atoms with Gasteiger partial charge in [-0.1, -0.05) is 6.92 Å². The summed E-state index contributed by atoms with van der Waals surface area (Å²) >= 11 is 1.27. The Balaban J connectivity index is 1.26. The second-order valence-electron chi connectivity index (χ2n) is 12.8. The number of nitrogens with one attached hydrogen (secondary N) is 1. The highest BCUT2D eigenvalue weighted by atomic mass is 32.2. The number of carbonyl (C=O) groups excluding carboxylic acids is 3. The second kappa shape index (κ2) is 15.3. The summed E-state index contributed by atoms with van der Waals surface area (Å²) < 4.78 is 10.9. The van der Waals surface area contributed by atoms with Gasteiger partial charge in [0.2, 0.25) is 5.91 Å². The molecule has 0 saturated carbocycles. The molecule has 51 heavy (non-hydrogen) atoms. The predicted molar refractivity (Wildman–Crippen MR) is 180 cm³/mol. The van der Waals surface area contributed by atoms with E-state index >= 15 is 0 Å². The van der Waals surface area contributed by atoms with Crippen LogP contribution >= 0.6 is 11.8 Å². The third-order valence-corrected chi connectivity index (χ3v) is 10.7. The van der Waals surface area contributed by atoms with Gasteiger partial charge in [0.15, 0.2) is 0 Å². The van der Waals surface area contributed by atoms with Crippen LogP contribution in [0.2, 0.25) is 0 Å². The molecule has 2 saturated heterocycles. The van der Waals surface area contributed by atoms with E-state index in [0.29, 0.717) is 22.5 Å². The molecule has 3 amide bonds. The van der Waals surface area contributed by atoms with Crippen LogP contribution in [-0.2, 0) is 32.3 Å². The number of carbonyl (C=O) groups is 4. The van der Waals surface area contributed by atoms with Crippen molar-refractivity contribution in [3.63, 3.8) is 0 Å². The first-order chi connectivity index (χ1) is 24.2. The zero-order chi connectivity index (χ0) is 37.1. The molecule has 0 aromatic heterocycles. The molecule has 272 valence electrons. The smallest absolute Gasteiger partial charge is 0.410 e. The first-order valence-electron chi connectivity index (χ1n) is 16.1. The molecule has 2 aromatic rings. The minimum Gasteiger partial charge on any atom is -0.477 e. The maximum atomic E-state index is 13.5. The lowest BCUT2D eigenvalue weighted by molar-refractivity contribution is -0.385. The van der Waals surface area contributed by atoms with Gasteiger partial charge in [0.25, 0.3) is 11.4 Å². The molecule has 7 atom stereocenters. The monoisotopic (exact) mass is 727 g/mol. The van der Waals surface area contributed by atoms with Gasteiger partial charge in [-0.05, 0) is 62.1 Å². The fourth-order valence-corrected chi connectivity index (χ4v) is 8.34. The van der Waals surface area contributed by atoms with Crippen molar-refractivity contribution < 1.29 is 48.7 Å². The van der Waals surface area contributed by atoms with Crippen molar-refractivity contribution in [2.45, 2.75) is 76.3 Å². The average Bonchev–Trinajstić information content (AvgIpc) is 3.58. The number of nitro benzene ring substituents is 2. The summed E-state index contributed by atoms with van der Waals surface area (Å²) in [5.41, 5.74) is 0.740. The van der Waals surface area contributed by atoms with Gasteiger partial charge in [-0.2, -0.15) is 0 Å². The van der Waals surface area contributed by atoms with Crippen LogP contribution in [0, 0.1) is 32.1 Å². The number of thioether (sulfide) groups is 1. The molecular formula is C33H37N5O12S. The molecule has 3 aliphatic rings. The van der Waals surface area contributed by atoms with Gasteiger partial charge < -0.3 is 34.8 Å². The quantitative estimate of drug-likeness (QED) is 0.150. The van der Waals surface area contributed by atoms with Gasteiger partial charge in [-0.15, -0.1) is 11.8 Å². The van der Waals surface area contributed by atoms with E-state index in [1.54, 1.807) is 6.92 Å². The second-order valence-corrected chi connectivity index (χ2v) is 14.2. The first kappa shape index (κ1) is 37.0. The number of fused-ring (bicyclic) bond motifs is 1. The SMILES string of the molecule is CC(C[C@@H]1C[C@H](SC2=C(C(=O)O)N3C(=O)[C@H]([C@@H](C)O)[C@H]3[C@H]2C)CN1C(=O)OCc1ccc([N+](=O)[O-])cc1)NC(=O)OCc1ccc([N+](=O)[O-])cc1. The number of aliphatic carboxylic acids is 1. The van der Waals surface area contributed by atoms with Crippen LogP contribution < -0.4 is 5.32 Å². The number of carboxylic acids is 1. The lowest BCUT2D eigenvalue weighted by Gasteiger charge is -2.46. The number of benzene rings is 2. The highest BCUT2D eigenvalue weighted by Gasteiger charge is 2.60. The number of nitro groups is 2. The normalized spacial score (nSPS) is 23.6. The van der Waals surface area contributed by atoms with Crippen LogP contribution in [0.15, 0.2) is 59.1 Å². The number of carboxylic acid groups (broad SMARTS) is 1. The van der Waals surface area contributed by atoms with E-state index in [2.05, 4.69) is 5.32 Å². The van der Waals surface area contributed by atoms with Gasteiger partial charge in [-0.25, -0.2) is 14.4 Å². The maximum Gasteiger partial charge on any atom is 0.410 e. The highest BCUT2D eigenvalue weighted by molar-refractivity contribution is 8.03. The molecule has 2 fully saturated rings. The Labute approximate surface area is 295 Å². The molecule has 3 heterocycles. The summed E-state index contributed by atoms with van der Waals surface area (Å²) in [5.74, 6) is -2.80. The molecule has 0 spiro atoms. The Morgan fingerprint density at radius 1 is 0.980 bits per heavy atom. The summed E-state index contributed by atoms with van der Waals surface area (Å²) in [7, 11) is 0. The molecule has 0 bridgehead atoms. The van der Waals surface area contributed by atoms with Crippen LogP contribution in [0.3, 0.4) is 0 Å². The van der Waals surface area contributed by atoms with E-state index in [9.17, 15) is 49.6 Å². The molecule has 3 aliphatic heterocycles. The molecule has 0 radical (unpaired) electrons. The van der Waals surface area contributed by atoms with E-state index in [1.165, 1.54) is 77.0 Å². The number of hydrogen-bond acceptors (Lipinski definition) is 12. The number of alkyl carbamates (subject to hydrolysis) is 1. The van der Waals surface area contributed by atoms with Gasteiger partial charge >= 0.3 is 18.2 Å². The van der Waals surface area contributed by atoms with Gasteiger partial charge in [-0.3, -0.25) is 25.0 Å². The van der Waals surface area contributed by atoms with E-state index in [0.717, 1.165) is 0 Å². The lowest BCUT2D eigenvalue weighted by Crippen LogP contribution is -2.63. The van der Waals surface area contributed by atoms with Crippen LogP contribution in [0.4, 0.5) is 21.0 Å². The van der Waals surface area contributed by atoms with Crippen molar-refractivity contribution in [2.24, 2.45) is 11.8 Å². The van der Waals surface area contributed by atoms with Gasteiger partial charge in [0.1, 0.15) is 18.9 Å². The van der Waals surface area contributed by atoms with Crippen LogP contribution in [0.1, 0.15) is 44.7 Å². The summed E-state index contributed by atoms with van der Waals surface area (Å²) in [6.45, 7) is 4.91. The average molecular weight is 728 g/mol. The van der Waals surface area contributed by atoms with Crippen molar-refractivity contribution in [2.75, 3.05) is 6.54 Å². The summed E-state index contributed by atoms with van der Waals surface area (Å²) in [5, 5.41) is 44.6. The molecular weight excluding hydrogens is 690 g/mol. The number of non-ortho nitro benzene ring substituents is 2. The predicted octanol–water partition coefficient (Wildman–Crippen LogP) is 4.17. The third-order valence-electron chi connectivity index (χ3n) is 9.23. The van der Waals surface area contributed by atoms with Crippen molar-refractivity contribution >= 4 is 47.2 Å². The van der Waals surface area contributed by atoms with Gasteiger partial charge in [0.05, 0.1) is 27.9 Å².